The predicted octanol–water partition coefficient (Wildman–Crippen LogP) is 3.95. The molecule has 0 bridgehead atoms. The van der Waals surface area contributed by atoms with Gasteiger partial charge in [-0.25, -0.2) is 13.6 Å². The van der Waals surface area contributed by atoms with Gasteiger partial charge < -0.3 is 19.6 Å². The highest BCUT2D eigenvalue weighted by Gasteiger charge is 2.37. The zero-order valence-electron chi connectivity index (χ0n) is 17.9. The normalized spacial score (nSPS) is 12.9. The SMILES string of the molecule is COCCOC(CO)CSc1c(-c2cc(Cl)c(F)cc2F)c(C(F)(F)F)cc2c(=O)[nH]c(=O)[nH]c12. The van der Waals surface area contributed by atoms with Gasteiger partial charge in [-0.3, -0.25) is 9.78 Å². The highest BCUT2D eigenvalue weighted by molar-refractivity contribution is 7.99. The molecule has 0 aliphatic heterocycles. The number of aliphatic hydroxyl groups excluding tert-OH is 1. The number of fused-ring (bicyclic) bond motifs is 1. The van der Waals surface area contributed by atoms with E-state index in [0.717, 1.165) is 0 Å². The second kappa shape index (κ2) is 11.1. The first-order chi connectivity index (χ1) is 16.5. The molecule has 3 aromatic rings. The number of H-pyrrole nitrogens is 2. The fraction of sp³-hybridized carbons (Fsp3) is 0.333. The summed E-state index contributed by atoms with van der Waals surface area (Å²) < 4.78 is 81.2. The van der Waals surface area contributed by atoms with Gasteiger partial charge in [0.05, 0.1) is 47.4 Å². The van der Waals surface area contributed by atoms with Crippen LogP contribution in [0.2, 0.25) is 5.02 Å². The second-order valence-corrected chi connectivity index (χ2v) is 8.62. The molecule has 0 spiro atoms. The number of hydrogen-bond acceptors (Lipinski definition) is 6. The fourth-order valence-electron chi connectivity index (χ4n) is 3.25. The number of benzene rings is 2. The van der Waals surface area contributed by atoms with Gasteiger partial charge in [-0.15, -0.1) is 11.8 Å². The van der Waals surface area contributed by atoms with Crippen molar-refractivity contribution in [3.63, 3.8) is 0 Å². The molecule has 190 valence electrons. The topological polar surface area (TPSA) is 104 Å². The van der Waals surface area contributed by atoms with Crippen molar-refractivity contribution in [2.75, 3.05) is 32.7 Å². The molecule has 3 N–H and O–H groups in total. The lowest BCUT2D eigenvalue weighted by molar-refractivity contribution is -0.137. The van der Waals surface area contributed by atoms with Gasteiger partial charge in [0.15, 0.2) is 0 Å². The molecule has 1 unspecified atom stereocenters. The van der Waals surface area contributed by atoms with Crippen LogP contribution in [0.4, 0.5) is 22.0 Å². The van der Waals surface area contributed by atoms with E-state index in [1.165, 1.54) is 7.11 Å². The number of rotatable bonds is 9. The maximum absolute atomic E-state index is 14.8. The molecular weight excluding hydrogens is 523 g/mol. The summed E-state index contributed by atoms with van der Waals surface area (Å²) >= 11 is 6.41. The molecule has 2 aromatic carbocycles. The number of methoxy groups -OCH3 is 1. The van der Waals surface area contributed by atoms with E-state index in [1.807, 2.05) is 4.98 Å². The second-order valence-electron chi connectivity index (χ2n) is 7.18. The van der Waals surface area contributed by atoms with E-state index in [9.17, 15) is 36.6 Å². The van der Waals surface area contributed by atoms with E-state index < -0.39 is 68.9 Å². The van der Waals surface area contributed by atoms with Gasteiger partial charge in [0.2, 0.25) is 0 Å². The van der Waals surface area contributed by atoms with Crippen molar-refractivity contribution >= 4 is 34.3 Å². The fourth-order valence-corrected chi connectivity index (χ4v) is 4.64. The van der Waals surface area contributed by atoms with Gasteiger partial charge in [-0.1, -0.05) is 11.6 Å². The van der Waals surface area contributed by atoms with Gasteiger partial charge in [0.25, 0.3) is 5.56 Å². The molecule has 0 saturated heterocycles. The van der Waals surface area contributed by atoms with Crippen LogP contribution in [0.15, 0.2) is 32.7 Å². The summed E-state index contributed by atoms with van der Waals surface area (Å²) in [5.41, 5.74) is -5.29. The minimum absolute atomic E-state index is 0.0666. The molecule has 1 aromatic heterocycles. The molecule has 1 atom stereocenters. The Morgan fingerprint density at radius 1 is 1.11 bits per heavy atom. The van der Waals surface area contributed by atoms with Gasteiger partial charge in [-0.05, 0) is 12.1 Å². The predicted molar refractivity (Wildman–Crippen MR) is 120 cm³/mol. The van der Waals surface area contributed by atoms with Gasteiger partial charge >= 0.3 is 11.9 Å². The summed E-state index contributed by atoms with van der Waals surface area (Å²) in [4.78, 5) is 28.1. The lowest BCUT2D eigenvalue weighted by Crippen LogP contribution is -2.24. The van der Waals surface area contributed by atoms with Gasteiger partial charge in [-0.2, -0.15) is 13.2 Å². The number of aliphatic hydroxyl groups is 1. The smallest absolute Gasteiger partial charge is 0.394 e. The largest absolute Gasteiger partial charge is 0.417 e. The molecule has 35 heavy (non-hydrogen) atoms. The summed E-state index contributed by atoms with van der Waals surface area (Å²) in [7, 11) is 1.42. The van der Waals surface area contributed by atoms with E-state index in [1.54, 1.807) is 0 Å². The minimum Gasteiger partial charge on any atom is -0.394 e. The molecule has 0 fully saturated rings. The Labute approximate surface area is 203 Å². The maximum atomic E-state index is 14.8. The van der Waals surface area contributed by atoms with E-state index in [2.05, 4.69) is 4.98 Å². The maximum Gasteiger partial charge on any atom is 0.417 e. The lowest BCUT2D eigenvalue weighted by atomic mass is 9.96. The van der Waals surface area contributed by atoms with Gasteiger partial charge in [0.1, 0.15) is 11.6 Å². The Balaban J connectivity index is 2.33. The number of alkyl halides is 3. The third-order valence-electron chi connectivity index (χ3n) is 4.83. The highest BCUT2D eigenvalue weighted by Crippen LogP contribution is 2.46. The van der Waals surface area contributed by atoms with Crippen LogP contribution in [0.3, 0.4) is 0 Å². The number of halogens is 6. The number of aromatic amines is 2. The number of hydrogen-bond donors (Lipinski definition) is 3. The summed E-state index contributed by atoms with van der Waals surface area (Å²) in [6, 6.07) is 1.50. The van der Waals surface area contributed by atoms with Crippen LogP contribution in [-0.2, 0) is 15.7 Å². The van der Waals surface area contributed by atoms with E-state index in [4.69, 9.17) is 21.1 Å². The summed E-state index contributed by atoms with van der Waals surface area (Å²) in [6.45, 7) is -0.269. The molecule has 0 radical (unpaired) electrons. The van der Waals surface area contributed by atoms with Crippen molar-refractivity contribution in [1.82, 2.24) is 9.97 Å². The first-order valence-electron chi connectivity index (χ1n) is 9.87. The lowest BCUT2D eigenvalue weighted by Gasteiger charge is -2.21. The summed E-state index contributed by atoms with van der Waals surface area (Å²) in [6.07, 6.45) is -5.97. The first-order valence-corrected chi connectivity index (χ1v) is 11.2. The van der Waals surface area contributed by atoms with E-state index in [0.29, 0.717) is 30.0 Å². The average Bonchev–Trinajstić information content (AvgIpc) is 2.77. The molecule has 0 aliphatic carbocycles. The third kappa shape index (κ3) is 6.04. The standard InChI is InChI=1S/C21H18ClF5N2O5S/c1-33-2-3-34-9(7-30)8-35-18-16(10-5-13(22)15(24)6-14(10)23)12(21(25,26)27)4-11-17(18)28-20(32)29-19(11)31/h4-6,9,30H,2-3,7-8H2,1H3,(H2,28,29,31,32). The zero-order chi connectivity index (χ0) is 25.9. The van der Waals surface area contributed by atoms with Crippen LogP contribution in [0, 0.1) is 11.6 Å². The number of ether oxygens (including phenoxy) is 2. The number of thioether (sulfide) groups is 1. The van der Waals surface area contributed by atoms with Crippen LogP contribution in [0.5, 0.6) is 0 Å². The molecule has 1 heterocycles. The van der Waals surface area contributed by atoms with Crippen molar-refractivity contribution < 1.29 is 36.5 Å². The molecule has 7 nitrogen and oxygen atoms in total. The van der Waals surface area contributed by atoms with Crippen LogP contribution in [0.25, 0.3) is 22.0 Å². The van der Waals surface area contributed by atoms with Crippen LogP contribution < -0.4 is 11.2 Å². The van der Waals surface area contributed by atoms with Crippen molar-refractivity contribution in [1.29, 1.82) is 0 Å². The van der Waals surface area contributed by atoms with E-state index >= 15 is 0 Å². The number of aromatic nitrogens is 2. The minimum atomic E-state index is -5.08. The quantitative estimate of drug-likeness (QED) is 0.164. The highest BCUT2D eigenvalue weighted by atomic mass is 35.5. The monoisotopic (exact) mass is 540 g/mol. The molecule has 3 rings (SSSR count). The van der Waals surface area contributed by atoms with Gasteiger partial charge in [0, 0.05) is 35.0 Å². The molecular formula is C21H18ClF5N2O5S. The number of nitrogens with one attached hydrogen (secondary N) is 2. The van der Waals surface area contributed by atoms with Crippen molar-refractivity contribution in [3.8, 4) is 11.1 Å². The molecule has 0 saturated carbocycles. The van der Waals surface area contributed by atoms with Crippen LogP contribution >= 0.6 is 23.4 Å². The van der Waals surface area contributed by atoms with E-state index in [-0.39, 0.29) is 29.4 Å². The van der Waals surface area contributed by atoms with Crippen molar-refractivity contribution in [3.05, 3.63) is 61.3 Å². The Kier molecular flexibility index (Phi) is 8.59. The Hall–Kier alpha value is -2.45. The average molecular weight is 541 g/mol. The first kappa shape index (κ1) is 27.1. The molecule has 14 heteroatoms. The molecule has 0 aliphatic rings. The Bertz CT molecular complexity index is 1340. The third-order valence-corrected chi connectivity index (χ3v) is 6.36. The Morgan fingerprint density at radius 2 is 1.83 bits per heavy atom. The summed E-state index contributed by atoms with van der Waals surface area (Å²) in [5.74, 6) is -2.69. The van der Waals surface area contributed by atoms with Crippen LogP contribution in [0.1, 0.15) is 5.56 Å². The Morgan fingerprint density at radius 3 is 2.46 bits per heavy atom. The summed E-state index contributed by atoms with van der Waals surface area (Å²) in [5, 5.41) is 8.44. The molecule has 0 amide bonds. The van der Waals surface area contributed by atoms with Crippen LogP contribution in [-0.4, -0.2) is 53.9 Å². The van der Waals surface area contributed by atoms with Crippen molar-refractivity contribution in [2.45, 2.75) is 17.2 Å². The van der Waals surface area contributed by atoms with Crippen molar-refractivity contribution in [2.24, 2.45) is 0 Å². The zero-order valence-corrected chi connectivity index (χ0v) is 19.5.